The molecule has 0 spiro atoms. The van der Waals surface area contributed by atoms with Gasteiger partial charge in [0.25, 0.3) is 5.91 Å². The van der Waals surface area contributed by atoms with Crippen LogP contribution in [0, 0.1) is 11.3 Å². The molecular formula is C31H38N4O2. The molecule has 2 amide bonds. The van der Waals surface area contributed by atoms with E-state index in [1.165, 1.54) is 11.1 Å². The summed E-state index contributed by atoms with van der Waals surface area (Å²) in [6.07, 6.45) is 5.81. The van der Waals surface area contributed by atoms with Crippen LogP contribution in [0.1, 0.15) is 67.6 Å². The molecule has 6 nitrogen and oxygen atoms in total. The Bertz CT molecular complexity index is 1230. The summed E-state index contributed by atoms with van der Waals surface area (Å²) in [7, 11) is 0. The minimum absolute atomic E-state index is 0.0295. The summed E-state index contributed by atoms with van der Waals surface area (Å²) in [6.45, 7) is 10.6. The first-order chi connectivity index (χ1) is 17.7. The topological polar surface area (TPSA) is 74.3 Å². The molecule has 0 saturated heterocycles. The van der Waals surface area contributed by atoms with Gasteiger partial charge in [0.1, 0.15) is 0 Å². The second-order valence-corrected chi connectivity index (χ2v) is 11.3. The lowest BCUT2D eigenvalue weighted by atomic mass is 9.84. The van der Waals surface area contributed by atoms with Crippen LogP contribution in [0.3, 0.4) is 0 Å². The van der Waals surface area contributed by atoms with E-state index in [-0.39, 0.29) is 23.1 Å². The molecule has 0 saturated carbocycles. The van der Waals surface area contributed by atoms with Gasteiger partial charge < -0.3 is 15.5 Å². The van der Waals surface area contributed by atoms with E-state index >= 15 is 0 Å². The molecule has 0 bridgehead atoms. The molecule has 3 aromatic rings. The van der Waals surface area contributed by atoms with E-state index in [2.05, 4.69) is 72.5 Å². The van der Waals surface area contributed by atoms with Crippen molar-refractivity contribution in [1.29, 1.82) is 0 Å². The number of aromatic nitrogens is 1. The fourth-order valence-corrected chi connectivity index (χ4v) is 5.20. The lowest BCUT2D eigenvalue weighted by molar-refractivity contribution is -0.117. The molecule has 0 aliphatic carbocycles. The van der Waals surface area contributed by atoms with Crippen molar-refractivity contribution in [1.82, 2.24) is 10.3 Å². The highest BCUT2D eigenvalue weighted by Gasteiger charge is 2.23. The molecule has 1 aliphatic heterocycles. The molecule has 1 unspecified atom stereocenters. The standard InChI is InChI=1S/C31H38N4O2/c1-22(18-31(2,3)4)16-29(36)34-26-11-12-28(35-15-13-24-9-5-6-10-25(24)21-35)27(17-26)30(37)33-20-23-8-7-14-32-19-23/h5-12,14,17,19,22H,13,15-16,18,20-21H2,1-4H3,(H,33,37)(H,34,36). The summed E-state index contributed by atoms with van der Waals surface area (Å²) in [5, 5.41) is 6.06. The fraction of sp³-hybridized carbons (Fsp3) is 0.387. The summed E-state index contributed by atoms with van der Waals surface area (Å²) in [5.41, 5.74) is 5.81. The first-order valence-electron chi connectivity index (χ1n) is 13.1. The lowest BCUT2D eigenvalue weighted by Crippen LogP contribution is -2.33. The van der Waals surface area contributed by atoms with Crippen molar-refractivity contribution in [2.75, 3.05) is 16.8 Å². The molecule has 1 aromatic heterocycles. The Morgan fingerprint density at radius 2 is 1.84 bits per heavy atom. The third-order valence-corrected chi connectivity index (χ3v) is 6.67. The molecule has 2 aromatic carbocycles. The van der Waals surface area contributed by atoms with Gasteiger partial charge in [0.15, 0.2) is 0 Å². The number of pyridine rings is 1. The lowest BCUT2D eigenvalue weighted by Gasteiger charge is -2.32. The molecule has 0 radical (unpaired) electrons. The number of rotatable bonds is 8. The number of nitrogens with one attached hydrogen (secondary N) is 2. The molecule has 2 heterocycles. The molecule has 1 aliphatic rings. The predicted octanol–water partition coefficient (Wildman–Crippen LogP) is 5.98. The maximum atomic E-state index is 13.4. The highest BCUT2D eigenvalue weighted by Crippen LogP contribution is 2.30. The molecular weight excluding hydrogens is 460 g/mol. The molecule has 4 rings (SSSR count). The number of hydrogen-bond donors (Lipinski definition) is 2. The van der Waals surface area contributed by atoms with Gasteiger partial charge in [0.2, 0.25) is 5.91 Å². The Balaban J connectivity index is 1.54. The maximum absolute atomic E-state index is 13.4. The monoisotopic (exact) mass is 498 g/mol. The van der Waals surface area contributed by atoms with Crippen LogP contribution in [0.5, 0.6) is 0 Å². The van der Waals surface area contributed by atoms with E-state index in [0.29, 0.717) is 24.2 Å². The Kier molecular flexibility index (Phi) is 8.27. The van der Waals surface area contributed by atoms with Crippen LogP contribution < -0.4 is 15.5 Å². The summed E-state index contributed by atoms with van der Waals surface area (Å²) < 4.78 is 0. The van der Waals surface area contributed by atoms with Gasteiger partial charge in [-0.05, 0) is 65.1 Å². The van der Waals surface area contributed by atoms with Crippen LogP contribution >= 0.6 is 0 Å². The minimum Gasteiger partial charge on any atom is -0.366 e. The molecule has 37 heavy (non-hydrogen) atoms. The number of nitrogens with zero attached hydrogens (tertiary/aromatic N) is 2. The van der Waals surface area contributed by atoms with Crippen molar-refractivity contribution in [3.8, 4) is 0 Å². The van der Waals surface area contributed by atoms with Crippen LogP contribution in [-0.4, -0.2) is 23.3 Å². The number of hydrogen-bond acceptors (Lipinski definition) is 4. The Labute approximate surface area is 220 Å². The Hall–Kier alpha value is -3.67. The highest BCUT2D eigenvalue weighted by molar-refractivity contribution is 6.02. The van der Waals surface area contributed by atoms with Gasteiger partial charge in [-0.25, -0.2) is 0 Å². The summed E-state index contributed by atoms with van der Waals surface area (Å²) in [5.74, 6) is 0.0722. The average Bonchev–Trinajstić information content (AvgIpc) is 2.86. The highest BCUT2D eigenvalue weighted by atomic mass is 16.2. The second-order valence-electron chi connectivity index (χ2n) is 11.3. The van der Waals surface area contributed by atoms with Crippen molar-refractivity contribution in [3.63, 3.8) is 0 Å². The zero-order valence-corrected chi connectivity index (χ0v) is 22.4. The molecule has 194 valence electrons. The van der Waals surface area contributed by atoms with Crippen LogP contribution in [0.2, 0.25) is 0 Å². The van der Waals surface area contributed by atoms with E-state index in [9.17, 15) is 9.59 Å². The van der Waals surface area contributed by atoms with Crippen LogP contribution in [0.15, 0.2) is 67.0 Å². The van der Waals surface area contributed by atoms with Crippen molar-refractivity contribution >= 4 is 23.2 Å². The number of benzene rings is 2. The van der Waals surface area contributed by atoms with Gasteiger partial charge in [0.05, 0.1) is 5.56 Å². The fourth-order valence-electron chi connectivity index (χ4n) is 5.20. The van der Waals surface area contributed by atoms with Crippen molar-refractivity contribution in [3.05, 3.63) is 89.2 Å². The van der Waals surface area contributed by atoms with Crippen LogP contribution in [0.25, 0.3) is 0 Å². The molecule has 1 atom stereocenters. The van der Waals surface area contributed by atoms with E-state index in [4.69, 9.17) is 0 Å². The van der Waals surface area contributed by atoms with Gasteiger partial charge in [-0.1, -0.05) is 58.0 Å². The SMILES string of the molecule is CC(CC(=O)Nc1ccc(N2CCc3ccccc3C2)c(C(=O)NCc2cccnc2)c1)CC(C)(C)C. The number of carbonyl (C=O) groups excluding carboxylic acids is 2. The van der Waals surface area contributed by atoms with Crippen molar-refractivity contribution < 1.29 is 9.59 Å². The van der Waals surface area contributed by atoms with E-state index in [1.54, 1.807) is 18.5 Å². The first-order valence-corrected chi connectivity index (χ1v) is 13.1. The first kappa shape index (κ1) is 26.4. The third-order valence-electron chi connectivity index (χ3n) is 6.67. The predicted molar refractivity (Wildman–Crippen MR) is 150 cm³/mol. The average molecular weight is 499 g/mol. The van der Waals surface area contributed by atoms with Gasteiger partial charge >= 0.3 is 0 Å². The summed E-state index contributed by atoms with van der Waals surface area (Å²) >= 11 is 0. The van der Waals surface area contributed by atoms with E-state index in [0.717, 1.165) is 37.2 Å². The normalized spacial score (nSPS) is 14.0. The zero-order chi connectivity index (χ0) is 26.4. The molecule has 2 N–H and O–H groups in total. The third kappa shape index (κ3) is 7.42. The minimum atomic E-state index is -0.171. The van der Waals surface area contributed by atoms with Crippen molar-refractivity contribution in [2.45, 2.75) is 60.0 Å². The quantitative estimate of drug-likeness (QED) is 0.401. The number of carbonyl (C=O) groups is 2. The maximum Gasteiger partial charge on any atom is 0.253 e. The summed E-state index contributed by atoms with van der Waals surface area (Å²) in [6, 6.07) is 17.9. The van der Waals surface area contributed by atoms with E-state index in [1.807, 2.05) is 24.3 Å². The number of amides is 2. The van der Waals surface area contributed by atoms with Gasteiger partial charge in [-0.3, -0.25) is 14.6 Å². The van der Waals surface area contributed by atoms with E-state index < -0.39 is 0 Å². The zero-order valence-electron chi connectivity index (χ0n) is 22.4. The number of anilines is 2. The van der Waals surface area contributed by atoms with Gasteiger partial charge in [-0.15, -0.1) is 0 Å². The number of fused-ring (bicyclic) bond motifs is 1. The largest absolute Gasteiger partial charge is 0.366 e. The van der Waals surface area contributed by atoms with Crippen LogP contribution in [0.4, 0.5) is 11.4 Å². The smallest absolute Gasteiger partial charge is 0.253 e. The Morgan fingerprint density at radius 3 is 2.57 bits per heavy atom. The van der Waals surface area contributed by atoms with Crippen molar-refractivity contribution in [2.24, 2.45) is 11.3 Å². The Morgan fingerprint density at radius 1 is 1.05 bits per heavy atom. The molecule has 6 heteroatoms. The molecule has 0 fully saturated rings. The van der Waals surface area contributed by atoms with Gasteiger partial charge in [0, 0.05) is 49.8 Å². The second kappa shape index (κ2) is 11.6. The van der Waals surface area contributed by atoms with Gasteiger partial charge in [-0.2, -0.15) is 0 Å². The summed E-state index contributed by atoms with van der Waals surface area (Å²) in [4.78, 5) is 32.6. The van der Waals surface area contributed by atoms with Crippen LogP contribution in [-0.2, 0) is 24.3 Å².